The normalized spacial score (nSPS) is 17.4. The number of carbonyl (C=O) groups excluding carboxylic acids is 1. The summed E-state index contributed by atoms with van der Waals surface area (Å²) in [5.41, 5.74) is 3.03. The summed E-state index contributed by atoms with van der Waals surface area (Å²) < 4.78 is 11.2. The Morgan fingerprint density at radius 3 is 2.14 bits per heavy atom. The highest BCUT2D eigenvalue weighted by Gasteiger charge is 2.27. The van der Waals surface area contributed by atoms with E-state index in [9.17, 15) is 4.79 Å². The molecule has 0 fully saturated rings. The van der Waals surface area contributed by atoms with Gasteiger partial charge >= 0.3 is 6.09 Å². The number of aliphatic hydroxyl groups is 1. The molecule has 2 N–H and O–H groups in total. The van der Waals surface area contributed by atoms with E-state index >= 15 is 0 Å². The lowest BCUT2D eigenvalue weighted by Crippen LogP contribution is -2.38. The molecule has 29 heavy (non-hydrogen) atoms. The van der Waals surface area contributed by atoms with E-state index in [0.717, 1.165) is 25.5 Å². The minimum absolute atomic E-state index is 0.00654. The van der Waals surface area contributed by atoms with Crippen LogP contribution in [0.4, 0.5) is 4.79 Å². The highest BCUT2D eigenvalue weighted by atomic mass is 16.6. The van der Waals surface area contributed by atoms with Crippen LogP contribution in [0, 0.1) is 0 Å². The van der Waals surface area contributed by atoms with E-state index in [1.165, 1.54) is 11.1 Å². The molecule has 0 radical (unpaired) electrons. The SMILES string of the molecule is C/C=C\C1=C(C(/C)=C/COC(C)(C)C)CCC1NC(=O)OC(C)(C)C.CC.CO. The van der Waals surface area contributed by atoms with Crippen LogP contribution >= 0.6 is 0 Å². The van der Waals surface area contributed by atoms with Crippen molar-refractivity contribution in [2.75, 3.05) is 13.7 Å². The Bertz CT molecular complexity index is 560. The number of hydrogen-bond acceptors (Lipinski definition) is 4. The first-order chi connectivity index (χ1) is 13.4. The van der Waals surface area contributed by atoms with Gasteiger partial charge in [0.05, 0.1) is 18.2 Å². The molecular formula is C24H45NO4. The standard InChI is InChI=1S/C21H35NO3.C2H6.CH4O/c1-9-10-17-16(15(2)13-14-24-20(3,4)5)11-12-18(17)22-19(23)25-21(6,7)8;2*1-2/h9-10,13,18H,11-12,14H2,1-8H3,(H,22,23);1-2H3;2H,1H3/b10-9-,15-13+;;. The molecule has 1 rings (SSSR count). The zero-order valence-electron chi connectivity index (χ0n) is 20.6. The van der Waals surface area contributed by atoms with Gasteiger partial charge in [-0.15, -0.1) is 0 Å². The third kappa shape index (κ3) is 13.3. The molecule has 5 heteroatoms. The van der Waals surface area contributed by atoms with Gasteiger partial charge in [-0.05, 0) is 85.0 Å². The van der Waals surface area contributed by atoms with Gasteiger partial charge in [0.25, 0.3) is 0 Å². The minimum atomic E-state index is -0.490. The van der Waals surface area contributed by atoms with Gasteiger partial charge in [-0.25, -0.2) is 4.79 Å². The van der Waals surface area contributed by atoms with Crippen molar-refractivity contribution in [2.24, 2.45) is 0 Å². The Kier molecular flexibility index (Phi) is 14.7. The monoisotopic (exact) mass is 411 g/mol. The summed E-state index contributed by atoms with van der Waals surface area (Å²) in [6.07, 6.45) is 7.70. The molecule has 0 aliphatic heterocycles. The van der Waals surface area contributed by atoms with Crippen LogP contribution in [0.2, 0.25) is 0 Å². The van der Waals surface area contributed by atoms with E-state index in [4.69, 9.17) is 14.6 Å². The largest absolute Gasteiger partial charge is 0.444 e. The maximum Gasteiger partial charge on any atom is 0.408 e. The fourth-order valence-electron chi connectivity index (χ4n) is 2.76. The zero-order chi connectivity index (χ0) is 23.3. The van der Waals surface area contributed by atoms with Gasteiger partial charge in [-0.1, -0.05) is 32.1 Å². The Labute approximate surface area is 179 Å². The lowest BCUT2D eigenvalue weighted by molar-refractivity contribution is 0.0148. The molecule has 0 bridgehead atoms. The number of carbonyl (C=O) groups is 1. The molecule has 0 saturated heterocycles. The number of aliphatic hydroxyl groups excluding tert-OH is 1. The highest BCUT2D eigenvalue weighted by Crippen LogP contribution is 2.32. The molecule has 0 heterocycles. The first-order valence-corrected chi connectivity index (χ1v) is 10.5. The van der Waals surface area contributed by atoms with Crippen molar-refractivity contribution in [3.8, 4) is 0 Å². The molecular weight excluding hydrogens is 366 g/mol. The number of nitrogens with one attached hydrogen (secondary N) is 1. The molecule has 0 saturated carbocycles. The second-order valence-corrected chi connectivity index (χ2v) is 8.48. The van der Waals surface area contributed by atoms with Gasteiger partial charge in [0.2, 0.25) is 0 Å². The third-order valence-electron chi connectivity index (χ3n) is 3.83. The van der Waals surface area contributed by atoms with Gasteiger partial charge in [0, 0.05) is 7.11 Å². The topological polar surface area (TPSA) is 67.8 Å². The number of ether oxygens (including phenoxy) is 2. The van der Waals surface area contributed by atoms with Crippen molar-refractivity contribution in [2.45, 2.75) is 99.3 Å². The van der Waals surface area contributed by atoms with Crippen LogP contribution in [-0.4, -0.2) is 42.2 Å². The highest BCUT2D eigenvalue weighted by molar-refractivity contribution is 5.69. The summed E-state index contributed by atoms with van der Waals surface area (Å²) in [5, 5.41) is 10.0. The number of allylic oxidation sites excluding steroid dienone is 3. The first-order valence-electron chi connectivity index (χ1n) is 10.5. The average molecular weight is 412 g/mol. The summed E-state index contributed by atoms with van der Waals surface area (Å²) in [7, 11) is 1.00. The van der Waals surface area contributed by atoms with Gasteiger partial charge in [0.1, 0.15) is 5.60 Å². The van der Waals surface area contributed by atoms with Crippen molar-refractivity contribution >= 4 is 6.09 Å². The van der Waals surface area contributed by atoms with E-state index in [1.807, 2.05) is 47.6 Å². The van der Waals surface area contributed by atoms with Gasteiger partial charge in [0.15, 0.2) is 0 Å². The van der Waals surface area contributed by atoms with Crippen LogP contribution in [-0.2, 0) is 9.47 Å². The number of alkyl carbamates (subject to hydrolysis) is 1. The fraction of sp³-hybridized carbons (Fsp3) is 0.708. The third-order valence-corrected chi connectivity index (χ3v) is 3.83. The van der Waals surface area contributed by atoms with Gasteiger partial charge in [-0.3, -0.25) is 0 Å². The molecule has 0 spiro atoms. The molecule has 1 aliphatic rings. The number of hydrogen-bond donors (Lipinski definition) is 2. The summed E-state index contributed by atoms with van der Waals surface area (Å²) in [4.78, 5) is 12.1. The van der Waals surface area contributed by atoms with E-state index in [1.54, 1.807) is 0 Å². The number of rotatable bonds is 5. The van der Waals surface area contributed by atoms with Crippen LogP contribution in [0.25, 0.3) is 0 Å². The lowest BCUT2D eigenvalue weighted by atomic mass is 10.0. The predicted octanol–water partition coefficient (Wildman–Crippen LogP) is 5.94. The molecule has 1 aliphatic carbocycles. The van der Waals surface area contributed by atoms with Gasteiger partial charge < -0.3 is 19.9 Å². The average Bonchev–Trinajstić information content (AvgIpc) is 2.98. The van der Waals surface area contributed by atoms with Crippen molar-refractivity contribution in [3.05, 3.63) is 34.9 Å². The molecule has 0 aromatic carbocycles. The minimum Gasteiger partial charge on any atom is -0.444 e. The molecule has 5 nitrogen and oxygen atoms in total. The Hall–Kier alpha value is -1.59. The molecule has 1 atom stereocenters. The van der Waals surface area contributed by atoms with E-state index in [-0.39, 0.29) is 17.7 Å². The Balaban J connectivity index is 0. The van der Waals surface area contributed by atoms with E-state index in [0.29, 0.717) is 6.61 Å². The Morgan fingerprint density at radius 2 is 1.69 bits per heavy atom. The van der Waals surface area contributed by atoms with Crippen molar-refractivity contribution in [1.29, 1.82) is 0 Å². The molecule has 0 aromatic rings. The lowest BCUT2D eigenvalue weighted by Gasteiger charge is -2.22. The second-order valence-electron chi connectivity index (χ2n) is 8.48. The zero-order valence-corrected chi connectivity index (χ0v) is 20.6. The van der Waals surface area contributed by atoms with Crippen molar-refractivity contribution in [3.63, 3.8) is 0 Å². The van der Waals surface area contributed by atoms with Crippen LogP contribution in [0.5, 0.6) is 0 Å². The Morgan fingerprint density at radius 1 is 1.14 bits per heavy atom. The quantitative estimate of drug-likeness (QED) is 0.587. The van der Waals surface area contributed by atoms with Gasteiger partial charge in [-0.2, -0.15) is 0 Å². The molecule has 170 valence electrons. The van der Waals surface area contributed by atoms with Crippen LogP contribution in [0.1, 0.15) is 82.1 Å². The molecule has 1 unspecified atom stereocenters. The van der Waals surface area contributed by atoms with Crippen molar-refractivity contribution < 1.29 is 19.4 Å². The fourth-order valence-corrected chi connectivity index (χ4v) is 2.76. The van der Waals surface area contributed by atoms with Crippen molar-refractivity contribution in [1.82, 2.24) is 5.32 Å². The summed E-state index contributed by atoms with van der Waals surface area (Å²) in [5.74, 6) is 0. The second kappa shape index (κ2) is 14.4. The predicted molar refractivity (Wildman–Crippen MR) is 123 cm³/mol. The summed E-state index contributed by atoms with van der Waals surface area (Å²) in [6, 6.07) is -0.00654. The maximum absolute atomic E-state index is 12.1. The van der Waals surface area contributed by atoms with E-state index in [2.05, 4.69) is 45.2 Å². The van der Waals surface area contributed by atoms with E-state index < -0.39 is 5.60 Å². The maximum atomic E-state index is 12.1. The van der Waals surface area contributed by atoms with Crippen LogP contribution < -0.4 is 5.32 Å². The van der Waals surface area contributed by atoms with Crippen LogP contribution in [0.15, 0.2) is 34.9 Å². The molecule has 0 aromatic heterocycles. The van der Waals surface area contributed by atoms with Crippen LogP contribution in [0.3, 0.4) is 0 Å². The summed E-state index contributed by atoms with van der Waals surface area (Å²) in [6.45, 7) is 20.5. The smallest absolute Gasteiger partial charge is 0.408 e. The number of amides is 1. The summed E-state index contributed by atoms with van der Waals surface area (Å²) >= 11 is 0. The molecule has 1 amide bonds. The first kappa shape index (κ1) is 29.6.